The Hall–Kier alpha value is -0.650. The number of hydrogen-bond acceptors (Lipinski definition) is 4. The Morgan fingerprint density at radius 1 is 1.25 bits per heavy atom. The van der Waals surface area contributed by atoms with Crippen molar-refractivity contribution >= 4 is 5.91 Å². The van der Waals surface area contributed by atoms with E-state index in [1.807, 2.05) is 18.7 Å². The molecule has 118 valence electrons. The summed E-state index contributed by atoms with van der Waals surface area (Å²) in [5.41, 5.74) is 5.07. The lowest BCUT2D eigenvalue weighted by Crippen LogP contribution is -2.53. The largest absolute Gasteiger partial charge is 0.389 e. The van der Waals surface area contributed by atoms with E-state index in [0.29, 0.717) is 19.0 Å². The lowest BCUT2D eigenvalue weighted by atomic mass is 9.95. The SMILES string of the molecule is CC(C)CC(CN)C(=O)N1CCN(CC(C)(C)O)CC1. The quantitative estimate of drug-likeness (QED) is 0.746. The zero-order valence-electron chi connectivity index (χ0n) is 13.4. The van der Waals surface area contributed by atoms with E-state index in [0.717, 1.165) is 32.6 Å². The predicted molar refractivity (Wildman–Crippen MR) is 81.3 cm³/mol. The van der Waals surface area contributed by atoms with Gasteiger partial charge in [0.15, 0.2) is 0 Å². The average molecular weight is 285 g/mol. The number of aliphatic hydroxyl groups is 1. The molecule has 20 heavy (non-hydrogen) atoms. The highest BCUT2D eigenvalue weighted by Crippen LogP contribution is 2.16. The van der Waals surface area contributed by atoms with E-state index < -0.39 is 5.60 Å². The van der Waals surface area contributed by atoms with Gasteiger partial charge in [-0.25, -0.2) is 0 Å². The zero-order valence-corrected chi connectivity index (χ0v) is 13.4. The molecular weight excluding hydrogens is 254 g/mol. The van der Waals surface area contributed by atoms with Crippen LogP contribution in [0.1, 0.15) is 34.1 Å². The van der Waals surface area contributed by atoms with Crippen LogP contribution in [0.4, 0.5) is 0 Å². The van der Waals surface area contributed by atoms with Crippen LogP contribution in [0.15, 0.2) is 0 Å². The molecule has 0 aliphatic carbocycles. The van der Waals surface area contributed by atoms with E-state index in [4.69, 9.17) is 5.73 Å². The Bertz CT molecular complexity index is 305. The molecule has 0 aromatic carbocycles. The maximum atomic E-state index is 12.4. The highest BCUT2D eigenvalue weighted by molar-refractivity contribution is 5.79. The molecule has 0 radical (unpaired) electrons. The number of hydrogen-bond donors (Lipinski definition) is 2. The van der Waals surface area contributed by atoms with E-state index in [1.165, 1.54) is 0 Å². The molecule has 1 saturated heterocycles. The van der Waals surface area contributed by atoms with Gasteiger partial charge in [-0.3, -0.25) is 9.69 Å². The summed E-state index contributed by atoms with van der Waals surface area (Å²) in [7, 11) is 0. The van der Waals surface area contributed by atoms with Crippen molar-refractivity contribution in [2.45, 2.75) is 39.7 Å². The van der Waals surface area contributed by atoms with Crippen LogP contribution >= 0.6 is 0 Å². The maximum absolute atomic E-state index is 12.4. The summed E-state index contributed by atoms with van der Waals surface area (Å²) in [4.78, 5) is 16.6. The highest BCUT2D eigenvalue weighted by atomic mass is 16.3. The van der Waals surface area contributed by atoms with Crippen LogP contribution in [0.5, 0.6) is 0 Å². The molecule has 1 aliphatic rings. The lowest BCUT2D eigenvalue weighted by molar-refractivity contribution is -0.137. The Kier molecular flexibility index (Phi) is 6.43. The topological polar surface area (TPSA) is 69.8 Å². The van der Waals surface area contributed by atoms with Gasteiger partial charge in [-0.05, 0) is 26.2 Å². The van der Waals surface area contributed by atoms with Crippen molar-refractivity contribution in [1.29, 1.82) is 0 Å². The number of nitrogens with two attached hydrogens (primary N) is 1. The fraction of sp³-hybridized carbons (Fsp3) is 0.933. The van der Waals surface area contributed by atoms with Gasteiger partial charge < -0.3 is 15.7 Å². The van der Waals surface area contributed by atoms with Gasteiger partial charge in [-0.15, -0.1) is 0 Å². The molecular formula is C15H31N3O2. The molecule has 1 aliphatic heterocycles. The molecule has 1 unspecified atom stereocenters. The standard InChI is InChI=1S/C15H31N3O2/c1-12(2)9-13(10-16)14(19)18-7-5-17(6-8-18)11-15(3,4)20/h12-13,20H,5-11,16H2,1-4H3. The minimum absolute atomic E-state index is 0.0455. The van der Waals surface area contributed by atoms with Crippen molar-refractivity contribution in [3.05, 3.63) is 0 Å². The number of rotatable bonds is 6. The third kappa shape index (κ3) is 5.77. The van der Waals surface area contributed by atoms with E-state index in [2.05, 4.69) is 18.7 Å². The molecule has 5 heteroatoms. The summed E-state index contributed by atoms with van der Waals surface area (Å²) in [6.45, 7) is 12.1. The molecule has 0 aromatic heterocycles. The molecule has 3 N–H and O–H groups in total. The second-order valence-corrected chi connectivity index (χ2v) is 6.98. The zero-order chi connectivity index (χ0) is 15.3. The Morgan fingerprint density at radius 2 is 1.80 bits per heavy atom. The molecule has 1 atom stereocenters. The molecule has 1 fully saturated rings. The monoisotopic (exact) mass is 285 g/mol. The average Bonchev–Trinajstić information content (AvgIpc) is 2.34. The fourth-order valence-electron chi connectivity index (χ4n) is 2.80. The summed E-state index contributed by atoms with van der Waals surface area (Å²) in [6, 6.07) is 0. The molecule has 0 spiro atoms. The molecule has 1 rings (SSSR count). The van der Waals surface area contributed by atoms with Crippen molar-refractivity contribution in [3.8, 4) is 0 Å². The van der Waals surface area contributed by atoms with Gasteiger partial charge in [0.25, 0.3) is 0 Å². The third-order valence-corrected chi connectivity index (χ3v) is 3.68. The van der Waals surface area contributed by atoms with Crippen LogP contribution in [0, 0.1) is 11.8 Å². The molecule has 0 saturated carbocycles. The van der Waals surface area contributed by atoms with Crippen molar-refractivity contribution < 1.29 is 9.90 Å². The van der Waals surface area contributed by atoms with Gasteiger partial charge in [0.1, 0.15) is 0 Å². The number of carbonyl (C=O) groups is 1. The van der Waals surface area contributed by atoms with Crippen LogP contribution in [0.2, 0.25) is 0 Å². The van der Waals surface area contributed by atoms with Crippen LogP contribution in [-0.4, -0.2) is 65.7 Å². The minimum atomic E-state index is -0.677. The first-order valence-corrected chi connectivity index (χ1v) is 7.66. The van der Waals surface area contributed by atoms with Crippen LogP contribution in [-0.2, 0) is 4.79 Å². The van der Waals surface area contributed by atoms with Gasteiger partial charge in [0.05, 0.1) is 11.5 Å². The van der Waals surface area contributed by atoms with Gasteiger partial charge in [-0.2, -0.15) is 0 Å². The fourth-order valence-corrected chi connectivity index (χ4v) is 2.80. The first-order valence-electron chi connectivity index (χ1n) is 7.66. The number of carbonyl (C=O) groups excluding carboxylic acids is 1. The van der Waals surface area contributed by atoms with Crippen molar-refractivity contribution in [1.82, 2.24) is 9.80 Å². The van der Waals surface area contributed by atoms with Crippen LogP contribution in [0.25, 0.3) is 0 Å². The molecule has 0 aromatic rings. The smallest absolute Gasteiger partial charge is 0.227 e. The van der Waals surface area contributed by atoms with Gasteiger partial charge in [0.2, 0.25) is 5.91 Å². The van der Waals surface area contributed by atoms with Crippen molar-refractivity contribution in [3.63, 3.8) is 0 Å². The summed E-state index contributed by atoms with van der Waals surface area (Å²) >= 11 is 0. The van der Waals surface area contributed by atoms with E-state index >= 15 is 0 Å². The molecule has 1 amide bonds. The summed E-state index contributed by atoms with van der Waals surface area (Å²) < 4.78 is 0. The van der Waals surface area contributed by atoms with Gasteiger partial charge >= 0.3 is 0 Å². The van der Waals surface area contributed by atoms with Gasteiger partial charge in [0, 0.05) is 39.3 Å². The minimum Gasteiger partial charge on any atom is -0.389 e. The number of nitrogens with zero attached hydrogens (tertiary/aromatic N) is 2. The number of piperazine rings is 1. The second kappa shape index (κ2) is 7.38. The van der Waals surface area contributed by atoms with E-state index in [-0.39, 0.29) is 11.8 Å². The summed E-state index contributed by atoms with van der Waals surface area (Å²) in [6.07, 6.45) is 0.860. The number of β-amino-alcohol motifs (C(OH)–C–C–N with tert-alkyl or cyclic N) is 1. The lowest BCUT2D eigenvalue weighted by Gasteiger charge is -2.38. The predicted octanol–water partition coefficient (Wildman–Crippen LogP) is 0.523. The van der Waals surface area contributed by atoms with E-state index in [1.54, 1.807) is 0 Å². The Morgan fingerprint density at radius 3 is 2.20 bits per heavy atom. The summed E-state index contributed by atoms with van der Waals surface area (Å²) in [5, 5.41) is 9.83. The van der Waals surface area contributed by atoms with Gasteiger partial charge in [-0.1, -0.05) is 13.8 Å². The Balaban J connectivity index is 2.45. The number of amides is 1. The van der Waals surface area contributed by atoms with Crippen LogP contribution < -0.4 is 5.73 Å². The Labute approximate surface area is 123 Å². The first-order chi connectivity index (χ1) is 9.23. The van der Waals surface area contributed by atoms with E-state index in [9.17, 15) is 9.90 Å². The normalized spacial score (nSPS) is 19.4. The van der Waals surface area contributed by atoms with Crippen LogP contribution in [0.3, 0.4) is 0 Å². The third-order valence-electron chi connectivity index (χ3n) is 3.68. The molecule has 1 heterocycles. The molecule has 0 bridgehead atoms. The highest BCUT2D eigenvalue weighted by Gasteiger charge is 2.28. The second-order valence-electron chi connectivity index (χ2n) is 6.98. The van der Waals surface area contributed by atoms with Crippen molar-refractivity contribution in [2.24, 2.45) is 17.6 Å². The summed E-state index contributed by atoms with van der Waals surface area (Å²) in [5.74, 6) is 0.643. The first kappa shape index (κ1) is 17.4. The molecule has 5 nitrogen and oxygen atoms in total. The van der Waals surface area contributed by atoms with Crippen molar-refractivity contribution in [2.75, 3.05) is 39.3 Å². The maximum Gasteiger partial charge on any atom is 0.227 e.